The maximum Gasteiger partial charge on any atom is 0.567 e. The van der Waals surface area contributed by atoms with Crippen LogP contribution >= 0.6 is 20.4 Å². The smallest absolute Gasteiger partial charge is 0.387 e. The van der Waals surface area contributed by atoms with E-state index in [1.165, 1.54) is 17.6 Å². The second kappa shape index (κ2) is 7.82. The van der Waals surface area contributed by atoms with E-state index >= 15 is 0 Å². The molecule has 134 valence electrons. The number of guanidine groups is 1. The molecular weight excluding hydrogens is 365 g/mol. The van der Waals surface area contributed by atoms with Crippen molar-refractivity contribution in [3.8, 4) is 0 Å². The third-order valence-corrected chi connectivity index (χ3v) is 3.76. The molecule has 1 fully saturated rings. The lowest BCUT2D eigenvalue weighted by Crippen LogP contribution is -2.43. The molecule has 1 saturated heterocycles. The predicted octanol–water partition coefficient (Wildman–Crippen LogP) is -2.88. The highest BCUT2D eigenvalue weighted by Gasteiger charge is 2.47. The summed E-state index contributed by atoms with van der Waals surface area (Å²) in [5, 5.41) is 20.1. The second-order valence-corrected chi connectivity index (χ2v) is 6.62. The number of hydrogen-bond donors (Lipinski definition) is 6. The van der Waals surface area contributed by atoms with Crippen LogP contribution in [0.2, 0.25) is 0 Å². The molecule has 0 aromatic carbocycles. The number of nitrogens with zero attached hydrogens (tertiary/aromatic N) is 4. The Morgan fingerprint density at radius 3 is 2.71 bits per heavy atom. The zero-order chi connectivity index (χ0) is 17.9. The fraction of sp³-hybridized carbons (Fsp3) is 0.600. The van der Waals surface area contributed by atoms with Crippen molar-refractivity contribution in [3.63, 3.8) is 0 Å². The molecule has 0 saturated carbocycles. The Bertz CT molecular complexity index is 568. The number of ether oxygens (including phenoxy) is 1. The minimum Gasteiger partial charge on any atom is -0.387 e. The van der Waals surface area contributed by atoms with E-state index < -0.39 is 39.3 Å². The van der Waals surface area contributed by atoms with Crippen LogP contribution in [0, 0.1) is 0 Å². The molecule has 4 atom stereocenters. The molecule has 0 unspecified atom stereocenters. The average molecular weight is 382 g/mol. The maximum absolute atomic E-state index is 10.1. The van der Waals surface area contributed by atoms with Crippen LogP contribution < -0.4 is 5.73 Å². The van der Waals surface area contributed by atoms with E-state index in [-0.39, 0.29) is 17.5 Å². The van der Waals surface area contributed by atoms with Crippen molar-refractivity contribution >= 4 is 44.0 Å². The van der Waals surface area contributed by atoms with Crippen LogP contribution in [0.1, 0.15) is 0 Å². The van der Waals surface area contributed by atoms with Gasteiger partial charge in [-0.05, 0) is 0 Å². The lowest BCUT2D eigenvalue weighted by molar-refractivity contribution is -0.0514. The van der Waals surface area contributed by atoms with Crippen molar-refractivity contribution in [3.05, 3.63) is 0 Å². The zero-order valence-electron chi connectivity index (χ0n) is 12.2. The quantitative estimate of drug-likeness (QED) is 0.218. The monoisotopic (exact) mass is 382 g/mol. The van der Waals surface area contributed by atoms with E-state index in [0.717, 1.165) is 0 Å². The Balaban J connectivity index is 2.10. The topological polar surface area (TPSA) is 186 Å². The van der Waals surface area contributed by atoms with E-state index in [2.05, 4.69) is 19.5 Å². The molecular formula is C10H17N5O7PS+. The highest BCUT2D eigenvalue weighted by molar-refractivity contribution is 7.80. The van der Waals surface area contributed by atoms with Gasteiger partial charge in [-0.3, -0.25) is 9.89 Å². The molecule has 2 heterocycles. The third kappa shape index (κ3) is 5.17. The lowest BCUT2D eigenvalue weighted by atomic mass is 10.1. The van der Waals surface area contributed by atoms with Gasteiger partial charge in [-0.15, -0.1) is 0 Å². The van der Waals surface area contributed by atoms with E-state index in [1.807, 2.05) is 0 Å². The van der Waals surface area contributed by atoms with Crippen LogP contribution in [0.25, 0.3) is 0 Å². The van der Waals surface area contributed by atoms with E-state index in [4.69, 9.17) is 37.4 Å². The van der Waals surface area contributed by atoms with Gasteiger partial charge in [-0.1, -0.05) is 12.2 Å². The number of hydrogen-bond acceptors (Lipinski definition) is 12. The Kier molecular flexibility index (Phi) is 6.25. The van der Waals surface area contributed by atoms with Crippen LogP contribution in [0.3, 0.4) is 0 Å². The third-order valence-electron chi connectivity index (χ3n) is 3.05. The van der Waals surface area contributed by atoms with Crippen molar-refractivity contribution in [2.24, 2.45) is 20.7 Å². The van der Waals surface area contributed by atoms with Gasteiger partial charge in [0.25, 0.3) is 0 Å². The first-order valence-corrected chi connectivity index (χ1v) is 8.57. The van der Waals surface area contributed by atoms with Crippen LogP contribution in [0.5, 0.6) is 0 Å². The van der Waals surface area contributed by atoms with Crippen LogP contribution in [-0.2, 0) is 9.26 Å². The Labute approximate surface area is 142 Å². The largest absolute Gasteiger partial charge is 0.567 e. The van der Waals surface area contributed by atoms with E-state index in [1.54, 1.807) is 0 Å². The Morgan fingerprint density at radius 2 is 2.04 bits per heavy atom. The molecule has 0 radical (unpaired) electrons. The van der Waals surface area contributed by atoms with Gasteiger partial charge >= 0.3 is 8.17 Å². The molecule has 0 bridgehead atoms. The number of aliphatic hydroxyl groups is 2. The Morgan fingerprint density at radius 1 is 1.33 bits per heavy atom. The van der Waals surface area contributed by atoms with Gasteiger partial charge < -0.3 is 20.7 Å². The number of aliphatic imine (C=N–C) groups is 3. The highest BCUT2D eigenvalue weighted by Crippen LogP contribution is 2.46. The summed E-state index contributed by atoms with van der Waals surface area (Å²) in [6, 6.07) is 0. The summed E-state index contributed by atoms with van der Waals surface area (Å²) in [5.74, 6) is -0.112. The fourth-order valence-electron chi connectivity index (χ4n) is 1.98. The SMILES string of the molecule is NC1=NC(=S)CN=CN([C@@H]2O[C@H](CO[P+](O)(O)O)[C@H](O)[C@@H]2O)C=N1. The van der Waals surface area contributed by atoms with Crippen molar-refractivity contribution in [1.82, 2.24) is 4.90 Å². The summed E-state index contributed by atoms with van der Waals surface area (Å²) < 4.78 is 9.81. The zero-order valence-corrected chi connectivity index (χ0v) is 13.9. The molecule has 0 aromatic heterocycles. The molecule has 24 heavy (non-hydrogen) atoms. The number of rotatable bonds is 4. The van der Waals surface area contributed by atoms with Gasteiger partial charge in [0, 0.05) is 0 Å². The first kappa shape index (κ1) is 19.2. The maximum atomic E-state index is 10.1. The number of nitrogens with two attached hydrogens (primary N) is 1. The summed E-state index contributed by atoms with van der Waals surface area (Å²) >= 11 is 4.91. The normalized spacial score (nSPS) is 31.6. The summed E-state index contributed by atoms with van der Waals surface area (Å²) in [6.07, 6.45) is -2.59. The van der Waals surface area contributed by atoms with E-state index in [9.17, 15) is 10.2 Å². The second-order valence-electron chi connectivity index (χ2n) is 4.87. The molecule has 7 N–H and O–H groups in total. The van der Waals surface area contributed by atoms with Gasteiger partial charge in [0.15, 0.2) is 6.23 Å². The number of thiocarbonyl (C=S) groups is 1. The van der Waals surface area contributed by atoms with Gasteiger partial charge in [0.05, 0.1) is 12.9 Å². The van der Waals surface area contributed by atoms with Gasteiger partial charge in [0.1, 0.15) is 36.2 Å². The van der Waals surface area contributed by atoms with E-state index in [0.29, 0.717) is 0 Å². The summed E-state index contributed by atoms with van der Waals surface area (Å²) in [5.41, 5.74) is 5.54. The van der Waals surface area contributed by atoms with Gasteiger partial charge in [0.2, 0.25) is 5.96 Å². The van der Waals surface area contributed by atoms with Crippen LogP contribution in [0.4, 0.5) is 0 Å². The summed E-state index contributed by atoms with van der Waals surface area (Å²) in [4.78, 5) is 39.5. The van der Waals surface area contributed by atoms with Crippen molar-refractivity contribution in [1.29, 1.82) is 0 Å². The molecule has 2 aliphatic heterocycles. The fourth-order valence-corrected chi connectivity index (χ4v) is 2.49. The van der Waals surface area contributed by atoms with Crippen LogP contribution in [-0.4, -0.2) is 91.1 Å². The number of aliphatic hydroxyl groups excluding tert-OH is 2. The van der Waals surface area contributed by atoms with Crippen molar-refractivity contribution in [2.45, 2.75) is 24.5 Å². The first-order valence-electron chi connectivity index (χ1n) is 6.59. The van der Waals surface area contributed by atoms with Crippen molar-refractivity contribution in [2.75, 3.05) is 13.2 Å². The minimum atomic E-state index is -4.49. The Hall–Kier alpha value is -1.15. The molecule has 0 aliphatic carbocycles. The predicted molar refractivity (Wildman–Crippen MR) is 88.1 cm³/mol. The molecule has 2 aliphatic rings. The molecule has 0 aromatic rings. The highest BCUT2D eigenvalue weighted by atomic mass is 32.1. The van der Waals surface area contributed by atoms with Crippen LogP contribution in [0.15, 0.2) is 15.0 Å². The molecule has 0 amide bonds. The molecule has 2 rings (SSSR count). The first-order chi connectivity index (χ1) is 11.2. The average Bonchev–Trinajstić information content (AvgIpc) is 2.79. The van der Waals surface area contributed by atoms with Crippen molar-refractivity contribution < 1.29 is 34.2 Å². The van der Waals surface area contributed by atoms with Gasteiger partial charge in [-0.2, -0.15) is 19.2 Å². The summed E-state index contributed by atoms with van der Waals surface area (Å²) in [6.45, 7) is -0.484. The lowest BCUT2D eigenvalue weighted by Gasteiger charge is -2.24. The summed E-state index contributed by atoms with van der Waals surface area (Å²) in [7, 11) is -4.49. The van der Waals surface area contributed by atoms with Gasteiger partial charge in [-0.25, -0.2) is 9.98 Å². The molecule has 0 spiro atoms. The molecule has 14 heteroatoms. The molecule has 12 nitrogen and oxygen atoms in total. The minimum absolute atomic E-state index is 0.0698. The standard InChI is InChI=1S/C10H16N5O7PS/c11-10-13-4-15(3-12-1-6(24)14-10)9-8(17)7(16)5(22-9)2-21-23(18,19)20/h3-5,7-9,16-20H,1-2H2,(H-,11,14,24)/p+1/t5-,7+,8+,9-/m1/s1.